The Morgan fingerprint density at radius 2 is 2.11 bits per heavy atom. The standard InChI is InChI=1S/C21H30N4O2/c1-13(2)20-7-18(15(4)27-20)21(26)25-9-16-5-6-17(25)10-24(8-16)11-19-14(3)22-12-23-19/h7,12-13,16-17H,5-6,8-11H2,1-4H3,(H,22,23)/t16-,17+/m0/s1. The lowest BCUT2D eigenvalue weighted by Gasteiger charge is -2.36. The Morgan fingerprint density at radius 3 is 2.78 bits per heavy atom. The fourth-order valence-corrected chi connectivity index (χ4v) is 4.47. The molecule has 3 saturated heterocycles. The number of carbonyl (C=O) groups is 1. The minimum Gasteiger partial charge on any atom is -0.465 e. The average molecular weight is 370 g/mol. The first-order valence-corrected chi connectivity index (χ1v) is 10.0. The first-order chi connectivity index (χ1) is 12.9. The second kappa shape index (κ2) is 7.15. The van der Waals surface area contributed by atoms with Crippen molar-refractivity contribution >= 4 is 5.91 Å². The number of piperidine rings is 1. The largest absolute Gasteiger partial charge is 0.465 e. The van der Waals surface area contributed by atoms with Gasteiger partial charge in [0.25, 0.3) is 5.91 Å². The quantitative estimate of drug-likeness (QED) is 0.895. The number of aromatic nitrogens is 2. The molecule has 1 N–H and O–H groups in total. The number of imidazole rings is 1. The van der Waals surface area contributed by atoms with Gasteiger partial charge in [-0.25, -0.2) is 4.98 Å². The number of fused-ring (bicyclic) bond motifs is 4. The van der Waals surface area contributed by atoms with Gasteiger partial charge in [-0.2, -0.15) is 0 Å². The number of furan rings is 1. The van der Waals surface area contributed by atoms with E-state index in [-0.39, 0.29) is 11.9 Å². The van der Waals surface area contributed by atoms with Crippen molar-refractivity contribution in [2.75, 3.05) is 19.6 Å². The molecule has 2 aromatic heterocycles. The zero-order valence-electron chi connectivity index (χ0n) is 16.8. The molecule has 2 bridgehead atoms. The van der Waals surface area contributed by atoms with Crippen molar-refractivity contribution in [1.29, 1.82) is 0 Å². The molecule has 0 aromatic carbocycles. The highest BCUT2D eigenvalue weighted by atomic mass is 16.3. The van der Waals surface area contributed by atoms with Gasteiger partial charge in [-0.15, -0.1) is 0 Å². The third kappa shape index (κ3) is 3.55. The zero-order valence-corrected chi connectivity index (χ0v) is 16.8. The Hall–Kier alpha value is -2.08. The van der Waals surface area contributed by atoms with Gasteiger partial charge in [-0.05, 0) is 38.7 Å². The number of H-pyrrole nitrogens is 1. The predicted octanol–water partition coefficient (Wildman–Crippen LogP) is 3.48. The molecule has 5 rings (SSSR count). The number of hydrogen-bond acceptors (Lipinski definition) is 4. The number of aromatic amines is 1. The molecule has 0 unspecified atom stereocenters. The maximum Gasteiger partial charge on any atom is 0.257 e. The Bertz CT molecular complexity index is 822. The molecule has 3 fully saturated rings. The third-order valence-electron chi connectivity index (χ3n) is 6.09. The average Bonchev–Trinajstić information content (AvgIpc) is 3.09. The molecule has 2 aromatic rings. The number of nitrogens with zero attached hydrogens (tertiary/aromatic N) is 3. The van der Waals surface area contributed by atoms with Crippen LogP contribution in [0, 0.1) is 19.8 Å². The van der Waals surface area contributed by atoms with Crippen molar-refractivity contribution in [3.05, 3.63) is 40.9 Å². The number of aryl methyl sites for hydroxylation is 2. The lowest BCUT2D eigenvalue weighted by Crippen LogP contribution is -2.47. The van der Waals surface area contributed by atoms with E-state index >= 15 is 0 Å². The number of rotatable bonds is 4. The highest BCUT2D eigenvalue weighted by Gasteiger charge is 2.38. The van der Waals surface area contributed by atoms with Gasteiger partial charge in [-0.3, -0.25) is 9.69 Å². The first-order valence-electron chi connectivity index (χ1n) is 10.0. The third-order valence-corrected chi connectivity index (χ3v) is 6.09. The van der Waals surface area contributed by atoms with E-state index in [1.54, 1.807) is 6.33 Å². The summed E-state index contributed by atoms with van der Waals surface area (Å²) < 4.78 is 5.83. The van der Waals surface area contributed by atoms with E-state index in [0.717, 1.165) is 61.1 Å². The van der Waals surface area contributed by atoms with Crippen molar-refractivity contribution < 1.29 is 9.21 Å². The van der Waals surface area contributed by atoms with Crippen LogP contribution in [0.4, 0.5) is 0 Å². The smallest absolute Gasteiger partial charge is 0.257 e. The molecule has 0 aliphatic carbocycles. The van der Waals surface area contributed by atoms with Crippen LogP contribution in [0.15, 0.2) is 16.8 Å². The molecule has 1 amide bonds. The Labute approximate surface area is 160 Å². The lowest BCUT2D eigenvalue weighted by molar-refractivity contribution is 0.0583. The minimum atomic E-state index is 0.135. The molecular weight excluding hydrogens is 340 g/mol. The molecule has 6 heteroatoms. The van der Waals surface area contributed by atoms with Gasteiger partial charge in [0.1, 0.15) is 11.5 Å². The number of nitrogens with one attached hydrogen (secondary N) is 1. The Balaban J connectivity index is 1.52. The van der Waals surface area contributed by atoms with Crippen LogP contribution in [-0.4, -0.2) is 51.4 Å². The summed E-state index contributed by atoms with van der Waals surface area (Å²) >= 11 is 0. The highest BCUT2D eigenvalue weighted by molar-refractivity contribution is 5.95. The summed E-state index contributed by atoms with van der Waals surface area (Å²) in [5, 5.41) is 0. The van der Waals surface area contributed by atoms with Gasteiger partial charge in [0.2, 0.25) is 0 Å². The molecule has 0 saturated carbocycles. The molecule has 27 heavy (non-hydrogen) atoms. The number of carbonyl (C=O) groups excluding carboxylic acids is 1. The van der Waals surface area contributed by atoms with E-state index in [4.69, 9.17) is 4.42 Å². The van der Waals surface area contributed by atoms with Gasteiger partial charge >= 0.3 is 0 Å². The molecule has 0 radical (unpaired) electrons. The van der Waals surface area contributed by atoms with E-state index in [9.17, 15) is 4.79 Å². The molecule has 146 valence electrons. The summed E-state index contributed by atoms with van der Waals surface area (Å²) in [6, 6.07) is 2.22. The fraction of sp³-hybridized carbons (Fsp3) is 0.619. The number of hydrogen-bond donors (Lipinski definition) is 1. The van der Waals surface area contributed by atoms with Gasteiger partial charge in [-0.1, -0.05) is 13.8 Å². The zero-order chi connectivity index (χ0) is 19.1. The molecule has 2 atom stereocenters. The van der Waals surface area contributed by atoms with Crippen LogP contribution in [-0.2, 0) is 6.54 Å². The van der Waals surface area contributed by atoms with E-state index in [2.05, 4.69) is 40.5 Å². The van der Waals surface area contributed by atoms with Crippen LogP contribution in [0.1, 0.15) is 65.9 Å². The summed E-state index contributed by atoms with van der Waals surface area (Å²) in [5.74, 6) is 2.59. The summed E-state index contributed by atoms with van der Waals surface area (Å²) in [7, 11) is 0. The fourth-order valence-electron chi connectivity index (χ4n) is 4.47. The van der Waals surface area contributed by atoms with Crippen molar-refractivity contribution in [3.8, 4) is 0 Å². The van der Waals surface area contributed by atoms with Crippen molar-refractivity contribution in [3.63, 3.8) is 0 Å². The summed E-state index contributed by atoms with van der Waals surface area (Å²) in [5.41, 5.74) is 2.98. The van der Waals surface area contributed by atoms with Crippen LogP contribution in [0.2, 0.25) is 0 Å². The van der Waals surface area contributed by atoms with Crippen LogP contribution >= 0.6 is 0 Å². The van der Waals surface area contributed by atoms with Crippen molar-refractivity contribution in [1.82, 2.24) is 19.8 Å². The normalized spacial score (nSPS) is 23.2. The van der Waals surface area contributed by atoms with Crippen molar-refractivity contribution in [2.45, 2.75) is 59.0 Å². The van der Waals surface area contributed by atoms with Crippen molar-refractivity contribution in [2.24, 2.45) is 5.92 Å². The number of amides is 1. The highest BCUT2D eigenvalue weighted by Crippen LogP contribution is 2.31. The Kier molecular flexibility index (Phi) is 4.84. The monoisotopic (exact) mass is 370 g/mol. The molecule has 3 aliphatic rings. The van der Waals surface area contributed by atoms with Crippen LogP contribution in [0.25, 0.3) is 0 Å². The molecule has 3 aliphatic heterocycles. The summed E-state index contributed by atoms with van der Waals surface area (Å²) in [4.78, 5) is 25.5. The predicted molar refractivity (Wildman–Crippen MR) is 104 cm³/mol. The summed E-state index contributed by atoms with van der Waals surface area (Å²) in [6.45, 7) is 11.8. The van der Waals surface area contributed by atoms with Crippen LogP contribution in [0.5, 0.6) is 0 Å². The first kappa shape index (κ1) is 18.3. The van der Waals surface area contributed by atoms with Gasteiger partial charge in [0.15, 0.2) is 0 Å². The van der Waals surface area contributed by atoms with Gasteiger partial charge in [0, 0.05) is 43.8 Å². The molecule has 6 nitrogen and oxygen atoms in total. The minimum absolute atomic E-state index is 0.135. The van der Waals surface area contributed by atoms with Crippen LogP contribution < -0.4 is 0 Å². The second-order valence-corrected chi connectivity index (χ2v) is 8.50. The van der Waals surface area contributed by atoms with E-state index in [1.807, 2.05) is 13.0 Å². The maximum absolute atomic E-state index is 13.3. The molecule has 5 heterocycles. The molecule has 0 spiro atoms. The molecular formula is C21H30N4O2. The second-order valence-electron chi connectivity index (χ2n) is 8.50. The topological polar surface area (TPSA) is 65.4 Å². The SMILES string of the molecule is Cc1[nH]cnc1CN1C[C@@H]2CC[C@H](C1)N(C(=O)c1cc(C(C)C)oc1C)C2. The van der Waals surface area contributed by atoms with Gasteiger partial charge < -0.3 is 14.3 Å². The maximum atomic E-state index is 13.3. The Morgan fingerprint density at radius 1 is 1.30 bits per heavy atom. The lowest BCUT2D eigenvalue weighted by atomic mass is 9.94. The van der Waals surface area contributed by atoms with E-state index in [1.165, 1.54) is 6.42 Å². The van der Waals surface area contributed by atoms with E-state index < -0.39 is 0 Å². The van der Waals surface area contributed by atoms with Gasteiger partial charge in [0.05, 0.1) is 17.6 Å². The summed E-state index contributed by atoms with van der Waals surface area (Å²) in [6.07, 6.45) is 4.05. The van der Waals surface area contributed by atoms with E-state index in [0.29, 0.717) is 11.8 Å². The van der Waals surface area contributed by atoms with Crippen LogP contribution in [0.3, 0.4) is 0 Å².